The fourth-order valence-corrected chi connectivity index (χ4v) is 4.43. The van der Waals surface area contributed by atoms with Crippen molar-refractivity contribution in [1.29, 1.82) is 0 Å². The molecule has 7 nitrogen and oxygen atoms in total. The predicted molar refractivity (Wildman–Crippen MR) is 108 cm³/mol. The third-order valence-electron chi connectivity index (χ3n) is 4.27. The number of sulfonamides is 1. The summed E-state index contributed by atoms with van der Waals surface area (Å²) in [6.07, 6.45) is 0. The van der Waals surface area contributed by atoms with Gasteiger partial charge >= 0.3 is 0 Å². The highest BCUT2D eigenvalue weighted by atomic mass is 32.2. The molecule has 1 aliphatic heterocycles. The first kappa shape index (κ1) is 21.0. The third kappa shape index (κ3) is 5.88. The van der Waals surface area contributed by atoms with Gasteiger partial charge in [0.2, 0.25) is 10.0 Å². The van der Waals surface area contributed by atoms with Gasteiger partial charge < -0.3 is 15.4 Å². The third-order valence-corrected chi connectivity index (χ3v) is 6.58. The minimum absolute atomic E-state index is 0.290. The summed E-state index contributed by atoms with van der Waals surface area (Å²) in [5, 5.41) is 6.78. The molecule has 1 aromatic rings. The van der Waals surface area contributed by atoms with Crippen LogP contribution in [-0.2, 0) is 14.8 Å². The van der Waals surface area contributed by atoms with E-state index in [2.05, 4.69) is 15.5 Å². The van der Waals surface area contributed by atoms with Gasteiger partial charge in [-0.2, -0.15) is 4.31 Å². The Morgan fingerprint density at radius 3 is 2.38 bits per heavy atom. The monoisotopic (exact) mass is 400 g/mol. The zero-order chi connectivity index (χ0) is 19.0. The van der Waals surface area contributed by atoms with Crippen molar-refractivity contribution in [1.82, 2.24) is 14.5 Å². The van der Waals surface area contributed by atoms with Gasteiger partial charge in [0, 0.05) is 45.0 Å². The lowest BCUT2D eigenvalue weighted by molar-refractivity contribution is 0.0389. The molecule has 0 amide bonds. The molecule has 146 valence electrons. The summed E-state index contributed by atoms with van der Waals surface area (Å²) in [5.74, 6) is 0. The average Bonchev–Trinajstić information content (AvgIpc) is 2.64. The molecule has 26 heavy (non-hydrogen) atoms. The van der Waals surface area contributed by atoms with Crippen molar-refractivity contribution in [3.05, 3.63) is 24.3 Å². The SMILES string of the molecule is CCN(CC)S(=O)(=O)c1ccc(NC(=S)NCCN2CCOCC2)cc1. The van der Waals surface area contributed by atoms with Crippen LogP contribution < -0.4 is 10.6 Å². The number of hydrogen-bond acceptors (Lipinski definition) is 5. The van der Waals surface area contributed by atoms with E-state index in [0.717, 1.165) is 45.1 Å². The Balaban J connectivity index is 1.83. The number of nitrogens with one attached hydrogen (secondary N) is 2. The Morgan fingerprint density at radius 2 is 1.81 bits per heavy atom. The van der Waals surface area contributed by atoms with E-state index in [1.54, 1.807) is 24.3 Å². The smallest absolute Gasteiger partial charge is 0.243 e. The molecular formula is C17H28N4O3S2. The maximum Gasteiger partial charge on any atom is 0.243 e. The predicted octanol–water partition coefficient (Wildman–Crippen LogP) is 1.34. The lowest BCUT2D eigenvalue weighted by atomic mass is 10.3. The second-order valence-electron chi connectivity index (χ2n) is 5.95. The Kier molecular flexibility index (Phi) is 8.23. The van der Waals surface area contributed by atoms with E-state index in [4.69, 9.17) is 17.0 Å². The number of hydrogen-bond donors (Lipinski definition) is 2. The number of thiocarbonyl (C=S) groups is 1. The van der Waals surface area contributed by atoms with E-state index in [1.165, 1.54) is 4.31 Å². The quantitative estimate of drug-likeness (QED) is 0.638. The summed E-state index contributed by atoms with van der Waals surface area (Å²) in [6, 6.07) is 6.66. The van der Waals surface area contributed by atoms with Crippen LogP contribution in [0.25, 0.3) is 0 Å². The highest BCUT2D eigenvalue weighted by molar-refractivity contribution is 7.89. The first-order valence-corrected chi connectivity index (χ1v) is 10.8. The summed E-state index contributed by atoms with van der Waals surface area (Å²) in [6.45, 7) is 9.69. The second kappa shape index (κ2) is 10.2. The molecule has 0 aliphatic carbocycles. The van der Waals surface area contributed by atoms with Gasteiger partial charge in [-0.3, -0.25) is 4.90 Å². The first-order valence-electron chi connectivity index (χ1n) is 8.92. The Labute approximate surface area is 161 Å². The number of nitrogens with zero attached hydrogens (tertiary/aromatic N) is 2. The highest BCUT2D eigenvalue weighted by Gasteiger charge is 2.21. The maximum atomic E-state index is 12.5. The van der Waals surface area contributed by atoms with Crippen molar-refractivity contribution < 1.29 is 13.2 Å². The summed E-state index contributed by atoms with van der Waals surface area (Å²) in [7, 11) is -3.43. The lowest BCUT2D eigenvalue weighted by Gasteiger charge is -2.26. The molecule has 0 unspecified atom stereocenters. The molecule has 2 rings (SSSR count). The lowest BCUT2D eigenvalue weighted by Crippen LogP contribution is -2.42. The van der Waals surface area contributed by atoms with Crippen LogP contribution in [0.3, 0.4) is 0 Å². The standard InChI is InChI=1S/C17H28N4O3S2/c1-3-21(4-2)26(22,23)16-7-5-15(6-8-16)19-17(25)18-9-10-20-11-13-24-14-12-20/h5-8H,3-4,9-14H2,1-2H3,(H2,18,19,25). The van der Waals surface area contributed by atoms with Gasteiger partial charge in [0.1, 0.15) is 0 Å². The van der Waals surface area contributed by atoms with E-state index in [-0.39, 0.29) is 4.90 Å². The van der Waals surface area contributed by atoms with E-state index in [0.29, 0.717) is 18.2 Å². The molecule has 1 fully saturated rings. The first-order chi connectivity index (χ1) is 12.5. The highest BCUT2D eigenvalue weighted by Crippen LogP contribution is 2.18. The molecule has 1 aromatic carbocycles. The van der Waals surface area contributed by atoms with Crippen molar-refractivity contribution in [2.45, 2.75) is 18.7 Å². The molecule has 1 heterocycles. The van der Waals surface area contributed by atoms with Gasteiger partial charge in [0.25, 0.3) is 0 Å². The van der Waals surface area contributed by atoms with Crippen LogP contribution >= 0.6 is 12.2 Å². The molecule has 1 saturated heterocycles. The molecule has 0 spiro atoms. The van der Waals surface area contributed by atoms with Gasteiger partial charge in [0.05, 0.1) is 18.1 Å². The molecule has 2 N–H and O–H groups in total. The molecular weight excluding hydrogens is 372 g/mol. The Bertz CT molecular complexity index is 670. The maximum absolute atomic E-state index is 12.5. The van der Waals surface area contributed by atoms with Crippen molar-refractivity contribution >= 4 is 33.0 Å². The average molecular weight is 401 g/mol. The van der Waals surface area contributed by atoms with E-state index in [9.17, 15) is 8.42 Å². The van der Waals surface area contributed by atoms with Crippen molar-refractivity contribution in [2.24, 2.45) is 0 Å². The van der Waals surface area contributed by atoms with Gasteiger partial charge in [-0.25, -0.2) is 8.42 Å². The number of anilines is 1. The number of benzene rings is 1. The Hall–Kier alpha value is -1.26. The van der Waals surface area contributed by atoms with Gasteiger partial charge in [-0.15, -0.1) is 0 Å². The van der Waals surface area contributed by atoms with Crippen LogP contribution in [0, 0.1) is 0 Å². The second-order valence-corrected chi connectivity index (χ2v) is 8.29. The molecule has 0 saturated carbocycles. The minimum atomic E-state index is -3.43. The molecule has 0 bridgehead atoms. The fourth-order valence-electron chi connectivity index (χ4n) is 2.75. The van der Waals surface area contributed by atoms with Crippen LogP contribution in [0.4, 0.5) is 5.69 Å². The molecule has 0 radical (unpaired) electrons. The van der Waals surface area contributed by atoms with Gasteiger partial charge in [0.15, 0.2) is 5.11 Å². The fraction of sp³-hybridized carbons (Fsp3) is 0.588. The molecule has 0 aromatic heterocycles. The normalized spacial score (nSPS) is 15.8. The minimum Gasteiger partial charge on any atom is -0.379 e. The van der Waals surface area contributed by atoms with Crippen LogP contribution in [0.15, 0.2) is 29.2 Å². The topological polar surface area (TPSA) is 73.9 Å². The molecule has 1 aliphatic rings. The largest absolute Gasteiger partial charge is 0.379 e. The van der Waals surface area contributed by atoms with Crippen LogP contribution in [0.5, 0.6) is 0 Å². The number of ether oxygens (including phenoxy) is 1. The van der Waals surface area contributed by atoms with Crippen molar-refractivity contribution in [3.8, 4) is 0 Å². The molecule has 9 heteroatoms. The zero-order valence-electron chi connectivity index (χ0n) is 15.4. The van der Waals surface area contributed by atoms with E-state index >= 15 is 0 Å². The van der Waals surface area contributed by atoms with E-state index in [1.807, 2.05) is 13.8 Å². The summed E-state index contributed by atoms with van der Waals surface area (Å²) in [5.41, 5.74) is 0.757. The zero-order valence-corrected chi connectivity index (χ0v) is 17.0. The number of morpholine rings is 1. The van der Waals surface area contributed by atoms with Crippen LogP contribution in [0.2, 0.25) is 0 Å². The summed E-state index contributed by atoms with van der Waals surface area (Å²) in [4.78, 5) is 2.62. The van der Waals surface area contributed by atoms with Gasteiger partial charge in [-0.1, -0.05) is 13.8 Å². The summed E-state index contributed by atoms with van der Waals surface area (Å²) < 4.78 is 31.7. The number of rotatable bonds is 8. The van der Waals surface area contributed by atoms with Crippen LogP contribution in [-0.4, -0.2) is 75.2 Å². The van der Waals surface area contributed by atoms with Crippen molar-refractivity contribution in [2.75, 3.05) is 57.8 Å². The van der Waals surface area contributed by atoms with Crippen molar-refractivity contribution in [3.63, 3.8) is 0 Å². The van der Waals surface area contributed by atoms with Crippen LogP contribution in [0.1, 0.15) is 13.8 Å². The molecule has 0 atom stereocenters. The Morgan fingerprint density at radius 1 is 1.19 bits per heavy atom. The van der Waals surface area contributed by atoms with Gasteiger partial charge in [-0.05, 0) is 36.5 Å². The van der Waals surface area contributed by atoms with E-state index < -0.39 is 10.0 Å². The summed E-state index contributed by atoms with van der Waals surface area (Å²) >= 11 is 5.30.